The normalized spacial score (nSPS) is 17.8. The highest BCUT2D eigenvalue weighted by Crippen LogP contribution is 2.17. The fraction of sp³-hybridized carbons (Fsp3) is 0.385. The van der Waals surface area contributed by atoms with Crippen LogP contribution in [-0.2, 0) is 0 Å². The van der Waals surface area contributed by atoms with Crippen LogP contribution < -0.4 is 0 Å². The summed E-state index contributed by atoms with van der Waals surface area (Å²) in [6.07, 6.45) is 0. The summed E-state index contributed by atoms with van der Waals surface area (Å²) in [5, 5.41) is 0. The smallest absolute Gasteiger partial charge is 0.0367 e. The Labute approximate surface area is 91.8 Å². The first kappa shape index (κ1) is 10.2. The Balaban J connectivity index is 2.03. The highest BCUT2D eigenvalue weighted by atomic mass is 15.2. The molecule has 0 N–H and O–H groups in total. The van der Waals surface area contributed by atoms with Crippen LogP contribution in [0.25, 0.3) is 5.70 Å². The first-order valence-electron chi connectivity index (χ1n) is 5.45. The predicted octanol–water partition coefficient (Wildman–Crippen LogP) is 1.90. The molecule has 0 aliphatic carbocycles. The first-order valence-corrected chi connectivity index (χ1v) is 5.45. The fourth-order valence-electron chi connectivity index (χ4n) is 1.89. The average molecular weight is 202 g/mol. The largest absolute Gasteiger partial charge is 0.369 e. The zero-order valence-corrected chi connectivity index (χ0v) is 9.32. The van der Waals surface area contributed by atoms with E-state index >= 15 is 0 Å². The lowest BCUT2D eigenvalue weighted by Crippen LogP contribution is -2.43. The second-order valence-corrected chi connectivity index (χ2v) is 4.10. The number of nitrogens with zero attached hydrogens (tertiary/aromatic N) is 2. The summed E-state index contributed by atoms with van der Waals surface area (Å²) in [6.45, 7) is 8.62. The van der Waals surface area contributed by atoms with E-state index in [0.29, 0.717) is 0 Å². The van der Waals surface area contributed by atoms with Crippen molar-refractivity contribution < 1.29 is 0 Å². The van der Waals surface area contributed by atoms with Gasteiger partial charge < -0.3 is 9.80 Å². The maximum atomic E-state index is 4.18. The molecular formula is C13H18N2. The number of benzene rings is 1. The van der Waals surface area contributed by atoms with Gasteiger partial charge in [-0.05, 0) is 12.6 Å². The van der Waals surface area contributed by atoms with Gasteiger partial charge in [0.2, 0.25) is 0 Å². The fourth-order valence-corrected chi connectivity index (χ4v) is 1.89. The molecular weight excluding hydrogens is 184 g/mol. The van der Waals surface area contributed by atoms with Gasteiger partial charge in [-0.15, -0.1) is 0 Å². The summed E-state index contributed by atoms with van der Waals surface area (Å²) >= 11 is 0. The van der Waals surface area contributed by atoms with E-state index < -0.39 is 0 Å². The van der Waals surface area contributed by atoms with E-state index in [1.54, 1.807) is 0 Å². The second-order valence-electron chi connectivity index (χ2n) is 4.10. The van der Waals surface area contributed by atoms with Crippen LogP contribution >= 0.6 is 0 Å². The number of rotatable bonds is 2. The summed E-state index contributed by atoms with van der Waals surface area (Å²) in [7, 11) is 2.17. The van der Waals surface area contributed by atoms with Crippen molar-refractivity contribution in [3.8, 4) is 0 Å². The molecule has 1 fully saturated rings. The molecule has 2 nitrogen and oxygen atoms in total. The van der Waals surface area contributed by atoms with Crippen LogP contribution in [0.2, 0.25) is 0 Å². The van der Waals surface area contributed by atoms with Crippen molar-refractivity contribution in [3.63, 3.8) is 0 Å². The molecule has 0 spiro atoms. The molecule has 0 aromatic heterocycles. The molecule has 0 unspecified atom stereocenters. The average Bonchev–Trinajstić information content (AvgIpc) is 2.30. The van der Waals surface area contributed by atoms with Crippen LogP contribution in [-0.4, -0.2) is 43.0 Å². The van der Waals surface area contributed by atoms with Crippen molar-refractivity contribution >= 4 is 5.70 Å². The Morgan fingerprint density at radius 3 is 2.27 bits per heavy atom. The molecule has 1 aliphatic rings. The van der Waals surface area contributed by atoms with E-state index in [-0.39, 0.29) is 0 Å². The van der Waals surface area contributed by atoms with Crippen LogP contribution in [0.1, 0.15) is 5.56 Å². The molecule has 1 aromatic rings. The minimum Gasteiger partial charge on any atom is -0.369 e. The van der Waals surface area contributed by atoms with Crippen LogP contribution in [0.3, 0.4) is 0 Å². The third-order valence-electron chi connectivity index (χ3n) is 2.99. The highest BCUT2D eigenvalue weighted by Gasteiger charge is 2.15. The lowest BCUT2D eigenvalue weighted by molar-refractivity contribution is 0.207. The number of hydrogen-bond acceptors (Lipinski definition) is 2. The number of likely N-dealkylation sites (N-methyl/N-ethyl adjacent to an activating group) is 1. The summed E-state index contributed by atoms with van der Waals surface area (Å²) < 4.78 is 0. The van der Waals surface area contributed by atoms with Crippen LogP contribution in [0, 0.1) is 0 Å². The highest BCUT2D eigenvalue weighted by molar-refractivity contribution is 5.61. The number of hydrogen-bond donors (Lipinski definition) is 0. The molecule has 0 amide bonds. The molecule has 1 aromatic carbocycles. The molecule has 15 heavy (non-hydrogen) atoms. The molecule has 0 atom stereocenters. The van der Waals surface area contributed by atoms with Gasteiger partial charge in [0.15, 0.2) is 0 Å². The van der Waals surface area contributed by atoms with Gasteiger partial charge >= 0.3 is 0 Å². The minimum absolute atomic E-state index is 1.09. The van der Waals surface area contributed by atoms with E-state index in [1.165, 1.54) is 5.56 Å². The van der Waals surface area contributed by atoms with Crippen molar-refractivity contribution in [2.75, 3.05) is 33.2 Å². The van der Waals surface area contributed by atoms with Gasteiger partial charge in [-0.1, -0.05) is 36.9 Å². The summed E-state index contributed by atoms with van der Waals surface area (Å²) in [5.41, 5.74) is 2.39. The van der Waals surface area contributed by atoms with Crippen molar-refractivity contribution in [1.82, 2.24) is 9.80 Å². The quantitative estimate of drug-likeness (QED) is 0.723. The van der Waals surface area contributed by atoms with Gasteiger partial charge in [0, 0.05) is 31.9 Å². The van der Waals surface area contributed by atoms with E-state index in [1.807, 2.05) is 6.07 Å². The number of piperazine rings is 1. The minimum atomic E-state index is 1.09. The predicted molar refractivity (Wildman–Crippen MR) is 64.5 cm³/mol. The van der Waals surface area contributed by atoms with E-state index in [0.717, 1.165) is 31.9 Å². The van der Waals surface area contributed by atoms with Crippen molar-refractivity contribution in [3.05, 3.63) is 42.5 Å². The Kier molecular flexibility index (Phi) is 3.07. The standard InChI is InChI=1S/C13H18N2/c1-12(13-6-4-3-5-7-13)15-10-8-14(2)9-11-15/h3-7H,1,8-11H2,2H3. The maximum Gasteiger partial charge on any atom is 0.0367 e. The Hall–Kier alpha value is -1.28. The van der Waals surface area contributed by atoms with Gasteiger partial charge in [-0.2, -0.15) is 0 Å². The molecule has 2 heteroatoms. The van der Waals surface area contributed by atoms with Crippen LogP contribution in [0.5, 0.6) is 0 Å². The van der Waals surface area contributed by atoms with Gasteiger partial charge in [-0.25, -0.2) is 0 Å². The van der Waals surface area contributed by atoms with Crippen molar-refractivity contribution in [2.24, 2.45) is 0 Å². The molecule has 1 heterocycles. The molecule has 0 saturated carbocycles. The van der Waals surface area contributed by atoms with Gasteiger partial charge in [0.05, 0.1) is 0 Å². The van der Waals surface area contributed by atoms with E-state index in [4.69, 9.17) is 0 Å². The molecule has 1 saturated heterocycles. The zero-order valence-electron chi connectivity index (χ0n) is 9.32. The second kappa shape index (κ2) is 4.49. The first-order chi connectivity index (χ1) is 7.27. The molecule has 0 bridgehead atoms. The van der Waals surface area contributed by atoms with E-state index in [2.05, 4.69) is 47.7 Å². The lowest BCUT2D eigenvalue weighted by Gasteiger charge is -2.35. The third-order valence-corrected chi connectivity index (χ3v) is 2.99. The monoisotopic (exact) mass is 202 g/mol. The third kappa shape index (κ3) is 2.39. The van der Waals surface area contributed by atoms with Gasteiger partial charge in [-0.3, -0.25) is 0 Å². The lowest BCUT2D eigenvalue weighted by atomic mass is 10.1. The topological polar surface area (TPSA) is 6.48 Å². The summed E-state index contributed by atoms with van der Waals surface area (Å²) in [6, 6.07) is 10.4. The van der Waals surface area contributed by atoms with Gasteiger partial charge in [0.1, 0.15) is 0 Å². The van der Waals surface area contributed by atoms with Crippen LogP contribution in [0.4, 0.5) is 0 Å². The zero-order chi connectivity index (χ0) is 10.7. The van der Waals surface area contributed by atoms with E-state index in [9.17, 15) is 0 Å². The molecule has 1 aliphatic heterocycles. The SMILES string of the molecule is C=C(c1ccccc1)N1CCN(C)CC1. The van der Waals surface area contributed by atoms with Crippen molar-refractivity contribution in [1.29, 1.82) is 0 Å². The van der Waals surface area contributed by atoms with Gasteiger partial charge in [0.25, 0.3) is 0 Å². The Bertz CT molecular complexity index is 324. The maximum absolute atomic E-state index is 4.18. The molecule has 80 valence electrons. The summed E-state index contributed by atoms with van der Waals surface area (Å²) in [4.78, 5) is 4.73. The molecule has 2 rings (SSSR count). The Morgan fingerprint density at radius 2 is 1.67 bits per heavy atom. The summed E-state index contributed by atoms with van der Waals surface area (Å²) in [5.74, 6) is 0. The van der Waals surface area contributed by atoms with Crippen molar-refractivity contribution in [2.45, 2.75) is 0 Å². The Morgan fingerprint density at radius 1 is 1.07 bits per heavy atom. The molecule has 0 radical (unpaired) electrons. The van der Waals surface area contributed by atoms with Crippen LogP contribution in [0.15, 0.2) is 36.9 Å².